The van der Waals surface area contributed by atoms with Crippen LogP contribution in [0.1, 0.15) is 0 Å². The molecular formula is C9H14ClNO. The van der Waals surface area contributed by atoms with Crippen LogP contribution < -0.4 is 12.4 Å². The Labute approximate surface area is 79.9 Å². The highest BCUT2D eigenvalue weighted by atomic mass is 35.5. The maximum absolute atomic E-state index is 9.75. The number of hydrogen-bond acceptors (Lipinski definition) is 1. The van der Waals surface area contributed by atoms with Crippen LogP contribution in [0.5, 0.6) is 0 Å². The Morgan fingerprint density at radius 1 is 1.42 bits per heavy atom. The van der Waals surface area contributed by atoms with Crippen LogP contribution in [-0.2, 0) is 4.79 Å². The van der Waals surface area contributed by atoms with Gasteiger partial charge in [-0.2, -0.15) is 0 Å². The first kappa shape index (κ1) is 13.8. The number of likely N-dealkylation sites (N-methyl/N-ethyl adjacent to an activating group) is 1. The molecule has 0 rings (SSSR count). The van der Waals surface area contributed by atoms with Crippen molar-refractivity contribution in [3.63, 3.8) is 0 Å². The van der Waals surface area contributed by atoms with Crippen molar-refractivity contribution in [3.05, 3.63) is 24.5 Å². The quantitative estimate of drug-likeness (QED) is 0.211. The fourth-order valence-corrected chi connectivity index (χ4v) is 0.758. The second kappa shape index (κ2) is 6.90. The lowest BCUT2D eigenvalue weighted by molar-refractivity contribution is -0.878. The Morgan fingerprint density at radius 2 is 2.00 bits per heavy atom. The molecule has 0 aliphatic rings. The normalized spacial score (nSPS) is 8.83. The summed E-state index contributed by atoms with van der Waals surface area (Å²) in [6.07, 6.45) is 3.55. The molecule has 0 unspecified atom stereocenters. The number of halogens is 1. The van der Waals surface area contributed by atoms with Crippen molar-refractivity contribution in [2.24, 2.45) is 0 Å². The molecule has 0 aliphatic heterocycles. The van der Waals surface area contributed by atoms with Crippen molar-refractivity contribution >= 4 is 5.94 Å². The number of quaternary nitrogens is 1. The molecule has 0 saturated heterocycles. The second-order valence-electron chi connectivity index (χ2n) is 3.04. The molecule has 0 aromatic carbocycles. The summed E-state index contributed by atoms with van der Waals surface area (Å²) in [7, 11) is 4.12. The van der Waals surface area contributed by atoms with E-state index in [0.29, 0.717) is 0 Å². The Balaban J connectivity index is 0. The van der Waals surface area contributed by atoms with E-state index in [1.54, 1.807) is 12.0 Å². The first-order valence-corrected chi connectivity index (χ1v) is 3.49. The molecule has 0 saturated carbocycles. The highest BCUT2D eigenvalue weighted by molar-refractivity contribution is 5.43. The van der Waals surface area contributed by atoms with Crippen molar-refractivity contribution in [1.82, 2.24) is 0 Å². The van der Waals surface area contributed by atoms with Gasteiger partial charge in [-0.15, -0.1) is 0 Å². The minimum atomic E-state index is 0. The van der Waals surface area contributed by atoms with Crippen LogP contribution in [0.4, 0.5) is 0 Å². The van der Waals surface area contributed by atoms with Gasteiger partial charge in [0.05, 0.1) is 20.6 Å². The molecule has 0 bridgehead atoms. The van der Waals surface area contributed by atoms with Crippen LogP contribution in [0.25, 0.3) is 0 Å². The van der Waals surface area contributed by atoms with Crippen LogP contribution in [-0.4, -0.2) is 37.6 Å². The van der Waals surface area contributed by atoms with Crippen molar-refractivity contribution in [3.8, 4) is 0 Å². The van der Waals surface area contributed by atoms with Gasteiger partial charge in [-0.05, 0) is 11.8 Å². The van der Waals surface area contributed by atoms with Crippen LogP contribution >= 0.6 is 0 Å². The van der Waals surface area contributed by atoms with Gasteiger partial charge in [-0.1, -0.05) is 6.58 Å². The number of rotatable bonds is 4. The molecule has 0 atom stereocenters. The lowest BCUT2D eigenvalue weighted by atomic mass is 10.4. The van der Waals surface area contributed by atoms with Crippen molar-refractivity contribution in [2.75, 3.05) is 27.2 Å². The average Bonchev–Trinajstić information content (AvgIpc) is 1.87. The summed E-state index contributed by atoms with van der Waals surface area (Å²) < 4.78 is 0.790. The van der Waals surface area contributed by atoms with Crippen LogP contribution in [0.15, 0.2) is 24.5 Å². The third kappa shape index (κ3) is 7.33. The van der Waals surface area contributed by atoms with Gasteiger partial charge in [0.2, 0.25) is 0 Å². The van der Waals surface area contributed by atoms with Crippen molar-refractivity contribution in [2.45, 2.75) is 0 Å². The van der Waals surface area contributed by atoms with Gasteiger partial charge < -0.3 is 16.9 Å². The molecule has 0 aliphatic carbocycles. The van der Waals surface area contributed by atoms with Crippen LogP contribution in [0.3, 0.4) is 0 Å². The summed E-state index contributed by atoms with van der Waals surface area (Å²) in [6.45, 7) is 5.31. The van der Waals surface area contributed by atoms with E-state index in [9.17, 15) is 4.79 Å². The third-order valence-electron chi connectivity index (χ3n) is 1.37. The molecule has 12 heavy (non-hydrogen) atoms. The van der Waals surface area contributed by atoms with Gasteiger partial charge in [0, 0.05) is 6.08 Å². The Kier molecular flexibility index (Phi) is 7.93. The minimum absolute atomic E-state index is 0. The summed E-state index contributed by atoms with van der Waals surface area (Å²) in [6, 6.07) is 0. The average molecular weight is 188 g/mol. The molecule has 68 valence electrons. The van der Waals surface area contributed by atoms with E-state index in [2.05, 4.69) is 26.4 Å². The van der Waals surface area contributed by atoms with Gasteiger partial charge in [0.15, 0.2) is 5.94 Å². The van der Waals surface area contributed by atoms with Gasteiger partial charge in [0.25, 0.3) is 0 Å². The van der Waals surface area contributed by atoms with E-state index in [1.165, 1.54) is 0 Å². The van der Waals surface area contributed by atoms with E-state index in [1.807, 2.05) is 6.08 Å². The van der Waals surface area contributed by atoms with E-state index in [-0.39, 0.29) is 12.4 Å². The topological polar surface area (TPSA) is 17.1 Å². The van der Waals surface area contributed by atoms with E-state index in [4.69, 9.17) is 0 Å². The molecule has 0 aromatic rings. The molecule has 0 amide bonds. The molecule has 0 aromatic heterocycles. The maximum atomic E-state index is 9.75. The Bertz CT molecular complexity index is 211. The fraction of sp³-hybridized carbons (Fsp3) is 0.444. The first-order chi connectivity index (χ1) is 5.12. The van der Waals surface area contributed by atoms with E-state index < -0.39 is 0 Å². The summed E-state index contributed by atoms with van der Waals surface area (Å²) in [5.74, 6) is 1.59. The zero-order valence-electron chi connectivity index (χ0n) is 7.51. The molecule has 0 heterocycles. The lowest BCUT2D eigenvalue weighted by Gasteiger charge is -2.26. The van der Waals surface area contributed by atoms with E-state index >= 15 is 0 Å². The van der Waals surface area contributed by atoms with Crippen LogP contribution in [0, 0.1) is 0 Å². The lowest BCUT2D eigenvalue weighted by Crippen LogP contribution is -3.00. The standard InChI is InChI=1S/C9H14NO.ClH/c1-4-7-10(2,3)8-5-6-9-11;/h4-5H,1,7-8H2,2-3H3;1H/q+1;/p-1. The summed E-state index contributed by atoms with van der Waals surface area (Å²) in [5, 5.41) is 0. The maximum Gasteiger partial charge on any atom is 0.176 e. The molecular weight excluding hydrogens is 174 g/mol. The third-order valence-corrected chi connectivity index (χ3v) is 1.37. The Hall–Kier alpha value is -0.780. The number of hydrogen-bond donors (Lipinski definition) is 0. The monoisotopic (exact) mass is 187 g/mol. The molecule has 2 nitrogen and oxygen atoms in total. The van der Waals surface area contributed by atoms with Gasteiger partial charge in [-0.25, -0.2) is 4.79 Å². The van der Waals surface area contributed by atoms with Gasteiger partial charge >= 0.3 is 0 Å². The first-order valence-electron chi connectivity index (χ1n) is 3.49. The zero-order valence-corrected chi connectivity index (χ0v) is 8.27. The van der Waals surface area contributed by atoms with Gasteiger partial charge in [0.1, 0.15) is 6.54 Å². The molecule has 0 spiro atoms. The number of nitrogens with zero attached hydrogens (tertiary/aromatic N) is 1. The predicted molar refractivity (Wildman–Crippen MR) is 45.8 cm³/mol. The summed E-state index contributed by atoms with van der Waals surface area (Å²) in [4.78, 5) is 9.75. The largest absolute Gasteiger partial charge is 1.00 e. The molecule has 0 radical (unpaired) electrons. The fourth-order valence-electron chi connectivity index (χ4n) is 0.758. The molecule has 0 N–H and O–H groups in total. The SMILES string of the molecule is C=CC[N+](C)(C)CC=C=C=O.[Cl-]. The second-order valence-corrected chi connectivity index (χ2v) is 3.04. The van der Waals surface area contributed by atoms with Crippen molar-refractivity contribution in [1.29, 1.82) is 0 Å². The Morgan fingerprint density at radius 3 is 2.42 bits per heavy atom. The zero-order chi connectivity index (χ0) is 8.74. The van der Waals surface area contributed by atoms with Gasteiger partial charge in [-0.3, -0.25) is 0 Å². The van der Waals surface area contributed by atoms with Crippen molar-refractivity contribution < 1.29 is 21.7 Å². The summed E-state index contributed by atoms with van der Waals surface area (Å²) >= 11 is 0. The molecule has 0 fully saturated rings. The predicted octanol–water partition coefficient (Wildman–Crippen LogP) is -2.20. The van der Waals surface area contributed by atoms with Crippen LogP contribution in [0.2, 0.25) is 0 Å². The highest BCUT2D eigenvalue weighted by Gasteiger charge is 2.08. The minimum Gasteiger partial charge on any atom is -1.00 e. The smallest absolute Gasteiger partial charge is 0.176 e. The van der Waals surface area contributed by atoms with E-state index in [0.717, 1.165) is 17.6 Å². The number of carbonyl (C=O) groups excluding carboxylic acids is 1. The summed E-state index contributed by atoms with van der Waals surface area (Å²) in [5.41, 5.74) is 2.38. The highest BCUT2D eigenvalue weighted by Crippen LogP contribution is 1.95. The molecule has 3 heteroatoms.